The third-order valence-electron chi connectivity index (χ3n) is 4.96. The van der Waals surface area contributed by atoms with E-state index in [1.165, 1.54) is 0 Å². The van der Waals surface area contributed by atoms with Crippen molar-refractivity contribution in [3.8, 4) is 0 Å². The number of aliphatic hydroxyl groups is 1. The van der Waals surface area contributed by atoms with Crippen LogP contribution in [0, 0.1) is 0 Å². The number of fused-ring (bicyclic) bond motifs is 1. The number of nitrogens with zero attached hydrogens (tertiary/aromatic N) is 1. The van der Waals surface area contributed by atoms with E-state index in [2.05, 4.69) is 6.92 Å². The van der Waals surface area contributed by atoms with E-state index in [1.54, 1.807) is 0 Å². The van der Waals surface area contributed by atoms with Gasteiger partial charge < -0.3 is 10.0 Å². The SMILES string of the molecule is CCCCC[C@H](O)c1ccc2ccccc2c1C(=O)N(C(C)C)C(C)C. The molecule has 0 spiro atoms. The zero-order chi connectivity index (χ0) is 19.3. The Balaban J connectivity index is 2.56. The average molecular weight is 356 g/mol. The minimum Gasteiger partial charge on any atom is -0.388 e. The van der Waals surface area contributed by atoms with Crippen LogP contribution in [-0.2, 0) is 0 Å². The Hall–Kier alpha value is -1.87. The van der Waals surface area contributed by atoms with E-state index in [1.807, 2.05) is 69.0 Å². The number of rotatable bonds is 8. The number of hydrogen-bond donors (Lipinski definition) is 1. The molecular weight excluding hydrogens is 322 g/mol. The molecule has 0 aliphatic carbocycles. The second-order valence-electron chi connectivity index (χ2n) is 7.66. The van der Waals surface area contributed by atoms with Gasteiger partial charge in [0.05, 0.1) is 11.7 Å². The Morgan fingerprint density at radius 3 is 2.27 bits per heavy atom. The van der Waals surface area contributed by atoms with Gasteiger partial charge in [-0.2, -0.15) is 0 Å². The van der Waals surface area contributed by atoms with Crippen LogP contribution < -0.4 is 0 Å². The Labute approximate surface area is 158 Å². The summed E-state index contributed by atoms with van der Waals surface area (Å²) in [4.78, 5) is 15.4. The van der Waals surface area contributed by atoms with Crippen molar-refractivity contribution >= 4 is 16.7 Å². The first-order valence-corrected chi connectivity index (χ1v) is 9.90. The molecule has 0 saturated carbocycles. The molecule has 2 aromatic rings. The summed E-state index contributed by atoms with van der Waals surface area (Å²) in [5.74, 6) is 0.0105. The molecule has 0 radical (unpaired) electrons. The second-order valence-corrected chi connectivity index (χ2v) is 7.66. The number of benzene rings is 2. The van der Waals surface area contributed by atoms with Gasteiger partial charge in [0.2, 0.25) is 0 Å². The Morgan fingerprint density at radius 2 is 1.65 bits per heavy atom. The maximum absolute atomic E-state index is 13.5. The van der Waals surface area contributed by atoms with Crippen LogP contribution in [-0.4, -0.2) is 28.0 Å². The van der Waals surface area contributed by atoms with Crippen molar-refractivity contribution in [3.05, 3.63) is 47.5 Å². The topological polar surface area (TPSA) is 40.5 Å². The van der Waals surface area contributed by atoms with Crippen molar-refractivity contribution in [3.63, 3.8) is 0 Å². The van der Waals surface area contributed by atoms with Gasteiger partial charge in [-0.1, -0.05) is 62.6 Å². The second kappa shape index (κ2) is 9.18. The van der Waals surface area contributed by atoms with Crippen LogP contribution in [0.4, 0.5) is 0 Å². The maximum Gasteiger partial charge on any atom is 0.255 e. The predicted molar refractivity (Wildman–Crippen MR) is 109 cm³/mol. The summed E-state index contributed by atoms with van der Waals surface area (Å²) in [6.45, 7) is 10.3. The molecule has 2 aromatic carbocycles. The first kappa shape index (κ1) is 20.4. The van der Waals surface area contributed by atoms with Crippen LogP contribution in [0.2, 0.25) is 0 Å². The van der Waals surface area contributed by atoms with Gasteiger partial charge in [0, 0.05) is 12.1 Å². The lowest BCUT2D eigenvalue weighted by atomic mass is 9.92. The largest absolute Gasteiger partial charge is 0.388 e. The van der Waals surface area contributed by atoms with Crippen LogP contribution in [0.1, 0.15) is 82.3 Å². The van der Waals surface area contributed by atoms with Crippen LogP contribution in [0.3, 0.4) is 0 Å². The average Bonchev–Trinajstić information content (AvgIpc) is 2.60. The van der Waals surface area contributed by atoms with Gasteiger partial charge in [-0.05, 0) is 50.5 Å². The van der Waals surface area contributed by atoms with E-state index in [-0.39, 0.29) is 18.0 Å². The van der Waals surface area contributed by atoms with Gasteiger partial charge in [-0.3, -0.25) is 4.79 Å². The van der Waals surface area contributed by atoms with E-state index in [0.717, 1.165) is 35.6 Å². The van der Waals surface area contributed by atoms with Crippen LogP contribution >= 0.6 is 0 Å². The van der Waals surface area contributed by atoms with Gasteiger partial charge >= 0.3 is 0 Å². The molecule has 1 atom stereocenters. The summed E-state index contributed by atoms with van der Waals surface area (Å²) in [6, 6.07) is 12.1. The molecule has 0 aliphatic heterocycles. The number of amides is 1. The van der Waals surface area contributed by atoms with Crippen LogP contribution in [0.25, 0.3) is 10.8 Å². The molecule has 0 aliphatic rings. The lowest BCUT2D eigenvalue weighted by Gasteiger charge is -2.32. The fourth-order valence-electron chi connectivity index (χ4n) is 3.74. The fourth-order valence-corrected chi connectivity index (χ4v) is 3.74. The lowest BCUT2D eigenvalue weighted by Crippen LogP contribution is -2.42. The van der Waals surface area contributed by atoms with Crippen molar-refractivity contribution in [2.75, 3.05) is 0 Å². The summed E-state index contributed by atoms with van der Waals surface area (Å²) in [7, 11) is 0. The Morgan fingerprint density at radius 1 is 1.00 bits per heavy atom. The summed E-state index contributed by atoms with van der Waals surface area (Å²) >= 11 is 0. The highest BCUT2D eigenvalue weighted by Crippen LogP contribution is 2.31. The minimum atomic E-state index is -0.605. The Kier molecular flexibility index (Phi) is 7.22. The molecule has 0 bridgehead atoms. The van der Waals surface area contributed by atoms with E-state index in [0.29, 0.717) is 12.0 Å². The monoisotopic (exact) mass is 355 g/mol. The molecule has 3 heteroatoms. The molecule has 0 heterocycles. The summed E-state index contributed by atoms with van der Waals surface area (Å²) in [5.41, 5.74) is 1.42. The number of carbonyl (C=O) groups excluding carboxylic acids is 1. The van der Waals surface area contributed by atoms with Crippen molar-refractivity contribution in [1.29, 1.82) is 0 Å². The molecule has 0 unspecified atom stereocenters. The van der Waals surface area contributed by atoms with Crippen molar-refractivity contribution < 1.29 is 9.90 Å². The molecule has 1 amide bonds. The quantitative estimate of drug-likeness (QED) is 0.616. The third kappa shape index (κ3) is 4.45. The molecule has 3 nitrogen and oxygen atoms in total. The maximum atomic E-state index is 13.5. The van der Waals surface area contributed by atoms with E-state index >= 15 is 0 Å². The molecule has 2 rings (SSSR count). The first-order chi connectivity index (χ1) is 12.4. The highest BCUT2D eigenvalue weighted by molar-refractivity contribution is 6.08. The molecule has 0 fully saturated rings. The van der Waals surface area contributed by atoms with Crippen molar-refractivity contribution in [2.24, 2.45) is 0 Å². The van der Waals surface area contributed by atoms with Gasteiger partial charge in [-0.15, -0.1) is 0 Å². The van der Waals surface area contributed by atoms with Gasteiger partial charge in [0.25, 0.3) is 5.91 Å². The number of carbonyl (C=O) groups is 1. The highest BCUT2D eigenvalue weighted by atomic mass is 16.3. The number of aliphatic hydroxyl groups excluding tert-OH is 1. The molecule has 0 saturated heterocycles. The highest BCUT2D eigenvalue weighted by Gasteiger charge is 2.27. The number of hydrogen-bond acceptors (Lipinski definition) is 2. The van der Waals surface area contributed by atoms with Crippen LogP contribution in [0.5, 0.6) is 0 Å². The third-order valence-corrected chi connectivity index (χ3v) is 4.96. The molecule has 1 N–H and O–H groups in total. The lowest BCUT2D eigenvalue weighted by molar-refractivity contribution is 0.0638. The number of unbranched alkanes of at least 4 members (excludes halogenated alkanes) is 2. The van der Waals surface area contributed by atoms with Gasteiger partial charge in [-0.25, -0.2) is 0 Å². The van der Waals surface area contributed by atoms with Gasteiger partial charge in [0.15, 0.2) is 0 Å². The molecule has 142 valence electrons. The van der Waals surface area contributed by atoms with Crippen LogP contribution in [0.15, 0.2) is 36.4 Å². The molecule has 26 heavy (non-hydrogen) atoms. The van der Waals surface area contributed by atoms with Crippen molar-refractivity contribution in [2.45, 2.75) is 78.5 Å². The molecule has 0 aromatic heterocycles. The molecular formula is C23H33NO2. The van der Waals surface area contributed by atoms with E-state index < -0.39 is 6.10 Å². The summed E-state index contributed by atoms with van der Waals surface area (Å²) in [6.07, 6.45) is 3.26. The van der Waals surface area contributed by atoms with E-state index in [9.17, 15) is 9.90 Å². The summed E-state index contributed by atoms with van der Waals surface area (Å²) in [5, 5.41) is 12.8. The predicted octanol–water partition coefficient (Wildman–Crippen LogP) is 5.71. The standard InChI is InChI=1S/C23H33NO2/c1-6-7-8-13-21(25)20-15-14-18-11-9-10-12-19(18)22(20)23(26)24(16(2)3)17(4)5/h9-12,14-17,21,25H,6-8,13H2,1-5H3/t21-/m0/s1. The first-order valence-electron chi connectivity index (χ1n) is 9.90. The van der Waals surface area contributed by atoms with Crippen molar-refractivity contribution in [1.82, 2.24) is 4.90 Å². The smallest absolute Gasteiger partial charge is 0.255 e. The zero-order valence-electron chi connectivity index (χ0n) is 16.8. The Bertz CT molecular complexity index is 728. The summed E-state index contributed by atoms with van der Waals surface area (Å²) < 4.78 is 0. The zero-order valence-corrected chi connectivity index (χ0v) is 16.8. The van der Waals surface area contributed by atoms with Gasteiger partial charge in [0.1, 0.15) is 0 Å². The van der Waals surface area contributed by atoms with E-state index in [4.69, 9.17) is 0 Å². The normalized spacial score (nSPS) is 12.8. The fraction of sp³-hybridized carbons (Fsp3) is 0.522. The minimum absolute atomic E-state index is 0.0105.